The summed E-state index contributed by atoms with van der Waals surface area (Å²) < 4.78 is 11.5. The molecular formula is C16H18BrClN2O3. The number of anilines is 1. The number of halogens is 2. The van der Waals surface area contributed by atoms with Gasteiger partial charge in [-0.3, -0.25) is 4.79 Å². The third kappa shape index (κ3) is 4.72. The van der Waals surface area contributed by atoms with E-state index < -0.39 is 6.10 Å². The van der Waals surface area contributed by atoms with Gasteiger partial charge in [0.2, 0.25) is 0 Å². The molecule has 1 aromatic heterocycles. The number of ether oxygens (including phenoxy) is 1. The van der Waals surface area contributed by atoms with Gasteiger partial charge >= 0.3 is 0 Å². The van der Waals surface area contributed by atoms with Crippen molar-refractivity contribution in [2.45, 2.75) is 39.2 Å². The fourth-order valence-electron chi connectivity index (χ4n) is 1.73. The number of benzene rings is 1. The molecule has 0 aliphatic carbocycles. The zero-order valence-electron chi connectivity index (χ0n) is 13.3. The lowest BCUT2D eigenvalue weighted by Gasteiger charge is -2.15. The summed E-state index contributed by atoms with van der Waals surface area (Å²) in [7, 11) is 0. The Labute approximate surface area is 148 Å². The summed E-state index contributed by atoms with van der Waals surface area (Å²) in [5.41, 5.74) is -0.174. The lowest BCUT2D eigenvalue weighted by Crippen LogP contribution is -2.30. The van der Waals surface area contributed by atoms with Crippen LogP contribution < -0.4 is 10.1 Å². The van der Waals surface area contributed by atoms with Crippen LogP contribution in [0.5, 0.6) is 5.75 Å². The second-order valence-corrected chi connectivity index (χ2v) is 7.44. The Morgan fingerprint density at radius 3 is 2.65 bits per heavy atom. The van der Waals surface area contributed by atoms with Crippen LogP contribution in [0.15, 0.2) is 33.3 Å². The Morgan fingerprint density at radius 1 is 1.39 bits per heavy atom. The summed E-state index contributed by atoms with van der Waals surface area (Å²) in [4.78, 5) is 12.2. The fourth-order valence-corrected chi connectivity index (χ4v) is 2.51. The number of amides is 1. The van der Waals surface area contributed by atoms with Crippen LogP contribution in [0.1, 0.15) is 33.5 Å². The van der Waals surface area contributed by atoms with Crippen molar-refractivity contribution in [2.24, 2.45) is 0 Å². The van der Waals surface area contributed by atoms with Crippen molar-refractivity contribution >= 4 is 39.3 Å². The van der Waals surface area contributed by atoms with Gasteiger partial charge < -0.3 is 14.6 Å². The van der Waals surface area contributed by atoms with E-state index in [0.717, 1.165) is 0 Å². The van der Waals surface area contributed by atoms with Crippen LogP contribution in [0, 0.1) is 0 Å². The van der Waals surface area contributed by atoms with Gasteiger partial charge in [-0.25, -0.2) is 0 Å². The molecule has 1 N–H and O–H groups in total. The molecule has 0 spiro atoms. The van der Waals surface area contributed by atoms with Gasteiger partial charge in [-0.1, -0.05) is 37.5 Å². The quantitative estimate of drug-likeness (QED) is 0.799. The molecule has 124 valence electrons. The normalized spacial score (nSPS) is 12.8. The zero-order chi connectivity index (χ0) is 17.2. The fraction of sp³-hybridized carbons (Fsp3) is 0.375. The predicted molar refractivity (Wildman–Crippen MR) is 93.1 cm³/mol. The van der Waals surface area contributed by atoms with Gasteiger partial charge in [-0.2, -0.15) is 0 Å². The maximum Gasteiger partial charge on any atom is 0.266 e. The van der Waals surface area contributed by atoms with E-state index in [1.807, 2.05) is 20.8 Å². The molecule has 0 saturated carbocycles. The van der Waals surface area contributed by atoms with E-state index in [1.165, 1.54) is 0 Å². The molecule has 0 saturated heterocycles. The molecule has 1 unspecified atom stereocenters. The second kappa shape index (κ2) is 6.93. The van der Waals surface area contributed by atoms with E-state index in [-0.39, 0.29) is 11.3 Å². The average molecular weight is 402 g/mol. The van der Waals surface area contributed by atoms with Crippen LogP contribution in [0.2, 0.25) is 5.02 Å². The van der Waals surface area contributed by atoms with Crippen molar-refractivity contribution in [2.75, 3.05) is 5.32 Å². The van der Waals surface area contributed by atoms with Gasteiger partial charge in [-0.15, -0.1) is 0 Å². The maximum absolute atomic E-state index is 12.2. The maximum atomic E-state index is 12.2. The Morgan fingerprint density at radius 2 is 2.09 bits per heavy atom. The summed E-state index contributed by atoms with van der Waals surface area (Å²) in [6, 6.07) is 6.81. The third-order valence-corrected chi connectivity index (χ3v) is 3.92. The average Bonchev–Trinajstić information content (AvgIpc) is 2.90. The van der Waals surface area contributed by atoms with Gasteiger partial charge in [0.15, 0.2) is 11.9 Å². The molecule has 1 heterocycles. The minimum Gasteiger partial charge on any atom is -0.480 e. The predicted octanol–water partition coefficient (Wildman–Crippen LogP) is 4.79. The summed E-state index contributed by atoms with van der Waals surface area (Å²) >= 11 is 9.23. The van der Waals surface area contributed by atoms with Crippen molar-refractivity contribution < 1.29 is 14.1 Å². The first-order chi connectivity index (χ1) is 10.7. The highest BCUT2D eigenvalue weighted by Gasteiger charge is 2.22. The number of rotatable bonds is 4. The minimum absolute atomic E-state index is 0.174. The minimum atomic E-state index is -0.706. The molecule has 0 bridgehead atoms. The van der Waals surface area contributed by atoms with Crippen molar-refractivity contribution in [3.05, 3.63) is 39.5 Å². The van der Waals surface area contributed by atoms with E-state index in [1.54, 1.807) is 31.2 Å². The number of nitrogens with one attached hydrogen (secondary N) is 1. The largest absolute Gasteiger partial charge is 0.480 e. The molecular weight excluding hydrogens is 384 g/mol. The molecule has 1 atom stereocenters. The lowest BCUT2D eigenvalue weighted by molar-refractivity contribution is -0.122. The Balaban J connectivity index is 2.01. The lowest BCUT2D eigenvalue weighted by atomic mass is 9.93. The van der Waals surface area contributed by atoms with Crippen molar-refractivity contribution in [3.8, 4) is 5.75 Å². The smallest absolute Gasteiger partial charge is 0.266 e. The topological polar surface area (TPSA) is 64.4 Å². The van der Waals surface area contributed by atoms with Crippen LogP contribution in [0.25, 0.3) is 0 Å². The van der Waals surface area contributed by atoms with Crippen LogP contribution in [-0.4, -0.2) is 17.2 Å². The molecule has 1 aromatic carbocycles. The highest BCUT2D eigenvalue weighted by molar-refractivity contribution is 9.10. The van der Waals surface area contributed by atoms with Gasteiger partial charge in [0.1, 0.15) is 11.5 Å². The monoisotopic (exact) mass is 400 g/mol. The van der Waals surface area contributed by atoms with Crippen LogP contribution in [0.3, 0.4) is 0 Å². The second-order valence-electron chi connectivity index (χ2n) is 6.15. The first-order valence-electron chi connectivity index (χ1n) is 7.06. The van der Waals surface area contributed by atoms with E-state index in [0.29, 0.717) is 26.8 Å². The number of carbonyl (C=O) groups excluding carboxylic acids is 1. The van der Waals surface area contributed by atoms with Gasteiger partial charge in [0.05, 0.1) is 4.47 Å². The molecule has 0 aliphatic heterocycles. The van der Waals surface area contributed by atoms with Gasteiger partial charge in [0, 0.05) is 16.5 Å². The highest BCUT2D eigenvalue weighted by atomic mass is 79.9. The zero-order valence-corrected chi connectivity index (χ0v) is 15.7. The molecule has 2 rings (SSSR count). The van der Waals surface area contributed by atoms with Crippen molar-refractivity contribution in [1.29, 1.82) is 0 Å². The number of nitrogens with zero attached hydrogens (tertiary/aromatic N) is 1. The summed E-state index contributed by atoms with van der Waals surface area (Å²) in [5.74, 6) is 1.28. The van der Waals surface area contributed by atoms with Crippen molar-refractivity contribution in [3.63, 3.8) is 0 Å². The Kier molecular flexibility index (Phi) is 5.37. The van der Waals surface area contributed by atoms with Crippen LogP contribution in [-0.2, 0) is 10.2 Å². The van der Waals surface area contributed by atoms with E-state index in [2.05, 4.69) is 26.4 Å². The highest BCUT2D eigenvalue weighted by Crippen LogP contribution is 2.29. The standard InChI is InChI=1S/C16H18BrClN2O3/c1-9(22-12-6-5-10(18)7-11(12)17)15(21)19-14-8-13(23-20-14)16(2,3)4/h5-9H,1-4H3,(H,19,20,21). The summed E-state index contributed by atoms with van der Waals surface area (Å²) in [6.07, 6.45) is -0.706. The molecule has 2 aromatic rings. The third-order valence-electron chi connectivity index (χ3n) is 3.07. The molecule has 7 heteroatoms. The molecule has 0 aliphatic rings. The number of hydrogen-bond acceptors (Lipinski definition) is 4. The van der Waals surface area contributed by atoms with E-state index in [9.17, 15) is 4.79 Å². The van der Waals surface area contributed by atoms with Crippen LogP contribution >= 0.6 is 27.5 Å². The SMILES string of the molecule is CC(Oc1ccc(Cl)cc1Br)C(=O)Nc1cc(C(C)(C)C)on1. The van der Waals surface area contributed by atoms with Gasteiger partial charge in [0.25, 0.3) is 5.91 Å². The summed E-state index contributed by atoms with van der Waals surface area (Å²) in [5, 5.41) is 7.11. The number of carbonyl (C=O) groups is 1. The molecule has 0 fully saturated rings. The number of hydrogen-bond donors (Lipinski definition) is 1. The molecule has 5 nitrogen and oxygen atoms in total. The van der Waals surface area contributed by atoms with Gasteiger partial charge in [-0.05, 0) is 41.1 Å². The Hall–Kier alpha value is -1.53. The van der Waals surface area contributed by atoms with E-state index >= 15 is 0 Å². The van der Waals surface area contributed by atoms with Crippen LogP contribution in [0.4, 0.5) is 5.82 Å². The first kappa shape index (κ1) is 17.8. The van der Waals surface area contributed by atoms with E-state index in [4.69, 9.17) is 20.9 Å². The number of aromatic nitrogens is 1. The first-order valence-corrected chi connectivity index (χ1v) is 8.23. The Bertz CT molecular complexity index is 710. The molecule has 23 heavy (non-hydrogen) atoms. The molecule has 1 amide bonds. The molecule has 0 radical (unpaired) electrons. The van der Waals surface area contributed by atoms with Crippen molar-refractivity contribution in [1.82, 2.24) is 5.16 Å². The summed E-state index contributed by atoms with van der Waals surface area (Å²) in [6.45, 7) is 7.66.